The number of rotatable bonds is 9. The monoisotopic (exact) mass is 228 g/mol. The van der Waals surface area contributed by atoms with E-state index in [0.29, 0.717) is 13.0 Å². The third-order valence-electron chi connectivity index (χ3n) is 2.01. The molecule has 0 saturated carbocycles. The Hall–Kier alpha value is -1.43. The summed E-state index contributed by atoms with van der Waals surface area (Å²) >= 11 is 0. The van der Waals surface area contributed by atoms with Gasteiger partial charge in [-0.3, -0.25) is 14.4 Å². The highest BCUT2D eigenvalue weighted by molar-refractivity contribution is 5.87. The van der Waals surface area contributed by atoms with E-state index < -0.39 is 11.9 Å². The Bertz CT molecular complexity index is 243. The molecular weight excluding hydrogens is 210 g/mol. The van der Waals surface area contributed by atoms with Gasteiger partial charge in [-0.25, -0.2) is 0 Å². The van der Waals surface area contributed by atoms with Crippen molar-refractivity contribution in [3.05, 3.63) is 0 Å². The SMILES string of the molecule is NC(=O)C[C@H](N)C(=O)NCCCCC[C]=O. The van der Waals surface area contributed by atoms with E-state index in [-0.39, 0.29) is 12.3 Å². The number of hydrogen-bond acceptors (Lipinski definition) is 4. The predicted molar refractivity (Wildman–Crippen MR) is 59.0 cm³/mol. The number of unbranched alkanes of at least 4 members (excludes halogenated alkanes) is 3. The summed E-state index contributed by atoms with van der Waals surface area (Å²) < 4.78 is 0. The van der Waals surface area contributed by atoms with Crippen molar-refractivity contribution in [1.29, 1.82) is 0 Å². The van der Waals surface area contributed by atoms with E-state index in [1.165, 1.54) is 0 Å². The molecule has 5 N–H and O–H groups in total. The van der Waals surface area contributed by atoms with Crippen LogP contribution in [-0.4, -0.2) is 30.7 Å². The number of carbonyl (C=O) groups is 2. The van der Waals surface area contributed by atoms with E-state index in [9.17, 15) is 14.4 Å². The van der Waals surface area contributed by atoms with Crippen molar-refractivity contribution in [2.75, 3.05) is 6.54 Å². The molecule has 0 aliphatic carbocycles. The van der Waals surface area contributed by atoms with Crippen molar-refractivity contribution >= 4 is 18.1 Å². The number of nitrogens with one attached hydrogen (secondary N) is 1. The molecule has 0 bridgehead atoms. The smallest absolute Gasteiger partial charge is 0.237 e. The summed E-state index contributed by atoms with van der Waals surface area (Å²) in [4.78, 5) is 31.6. The third kappa shape index (κ3) is 7.93. The van der Waals surface area contributed by atoms with E-state index in [1.54, 1.807) is 6.29 Å². The number of nitrogens with two attached hydrogens (primary N) is 2. The number of amides is 2. The normalized spacial score (nSPS) is 11.8. The number of carbonyl (C=O) groups excluding carboxylic acids is 3. The van der Waals surface area contributed by atoms with Crippen molar-refractivity contribution in [1.82, 2.24) is 5.32 Å². The summed E-state index contributed by atoms with van der Waals surface area (Å²) in [5, 5.41) is 2.59. The van der Waals surface area contributed by atoms with Crippen LogP contribution in [0.15, 0.2) is 0 Å². The fraction of sp³-hybridized carbons (Fsp3) is 0.700. The van der Waals surface area contributed by atoms with Crippen molar-refractivity contribution in [3.8, 4) is 0 Å². The van der Waals surface area contributed by atoms with Crippen molar-refractivity contribution < 1.29 is 14.4 Å². The molecule has 0 heterocycles. The van der Waals surface area contributed by atoms with Gasteiger partial charge in [-0.15, -0.1) is 0 Å². The molecule has 0 aromatic rings. The highest BCUT2D eigenvalue weighted by atomic mass is 16.2. The zero-order valence-electron chi connectivity index (χ0n) is 9.20. The maximum atomic E-state index is 11.3. The minimum Gasteiger partial charge on any atom is -0.370 e. The van der Waals surface area contributed by atoms with Gasteiger partial charge in [0.25, 0.3) is 0 Å². The molecule has 1 atom stereocenters. The molecule has 1 radical (unpaired) electrons. The van der Waals surface area contributed by atoms with Gasteiger partial charge in [0.2, 0.25) is 11.8 Å². The van der Waals surface area contributed by atoms with Crippen LogP contribution < -0.4 is 16.8 Å². The first-order chi connectivity index (χ1) is 7.57. The maximum Gasteiger partial charge on any atom is 0.237 e. The molecule has 6 heteroatoms. The van der Waals surface area contributed by atoms with Gasteiger partial charge in [0.05, 0.1) is 12.5 Å². The second-order valence-corrected chi connectivity index (χ2v) is 3.52. The quantitative estimate of drug-likeness (QED) is 0.438. The lowest BCUT2D eigenvalue weighted by molar-refractivity contribution is -0.126. The van der Waals surface area contributed by atoms with Crippen LogP contribution in [0.5, 0.6) is 0 Å². The zero-order chi connectivity index (χ0) is 12.4. The molecule has 91 valence electrons. The molecule has 0 aromatic carbocycles. The van der Waals surface area contributed by atoms with Gasteiger partial charge in [-0.1, -0.05) is 6.42 Å². The summed E-state index contributed by atoms with van der Waals surface area (Å²) in [5.74, 6) is -0.968. The van der Waals surface area contributed by atoms with Gasteiger partial charge in [-0.05, 0) is 12.8 Å². The summed E-state index contributed by atoms with van der Waals surface area (Å²) in [6, 6.07) is -0.874. The molecule has 6 nitrogen and oxygen atoms in total. The Morgan fingerprint density at radius 3 is 2.50 bits per heavy atom. The molecule has 0 aliphatic heterocycles. The molecule has 0 unspecified atom stereocenters. The molecule has 0 aromatic heterocycles. The topological polar surface area (TPSA) is 115 Å². The lowest BCUT2D eigenvalue weighted by Gasteiger charge is -2.09. The molecule has 0 rings (SSSR count). The largest absolute Gasteiger partial charge is 0.370 e. The highest BCUT2D eigenvalue weighted by Crippen LogP contribution is 1.96. The summed E-state index contributed by atoms with van der Waals surface area (Å²) in [6.07, 6.45) is 4.47. The minimum atomic E-state index is -0.874. The summed E-state index contributed by atoms with van der Waals surface area (Å²) in [7, 11) is 0. The summed E-state index contributed by atoms with van der Waals surface area (Å²) in [6.45, 7) is 0.490. The fourth-order valence-corrected chi connectivity index (χ4v) is 1.15. The average molecular weight is 228 g/mol. The first-order valence-corrected chi connectivity index (χ1v) is 5.24. The van der Waals surface area contributed by atoms with Crippen LogP contribution in [-0.2, 0) is 14.4 Å². The second kappa shape index (κ2) is 8.84. The maximum absolute atomic E-state index is 11.3. The second-order valence-electron chi connectivity index (χ2n) is 3.52. The van der Waals surface area contributed by atoms with Gasteiger partial charge in [0.15, 0.2) is 6.29 Å². The number of hydrogen-bond donors (Lipinski definition) is 3. The lowest BCUT2D eigenvalue weighted by atomic mass is 10.2. The van der Waals surface area contributed by atoms with Gasteiger partial charge >= 0.3 is 0 Å². The van der Waals surface area contributed by atoms with Crippen LogP contribution >= 0.6 is 0 Å². The lowest BCUT2D eigenvalue weighted by Crippen LogP contribution is -2.43. The fourth-order valence-electron chi connectivity index (χ4n) is 1.15. The van der Waals surface area contributed by atoms with E-state index in [4.69, 9.17) is 11.5 Å². The van der Waals surface area contributed by atoms with Gasteiger partial charge in [0.1, 0.15) is 0 Å². The molecule has 16 heavy (non-hydrogen) atoms. The van der Waals surface area contributed by atoms with Gasteiger partial charge in [0, 0.05) is 13.0 Å². The first-order valence-electron chi connectivity index (χ1n) is 5.24. The van der Waals surface area contributed by atoms with Crippen molar-refractivity contribution in [2.24, 2.45) is 11.5 Å². The van der Waals surface area contributed by atoms with Crippen molar-refractivity contribution in [3.63, 3.8) is 0 Å². The molecule has 0 fully saturated rings. The number of primary amides is 1. The zero-order valence-corrected chi connectivity index (χ0v) is 9.20. The Morgan fingerprint density at radius 1 is 1.25 bits per heavy atom. The van der Waals surface area contributed by atoms with E-state index in [2.05, 4.69) is 5.32 Å². The molecule has 0 saturated heterocycles. The van der Waals surface area contributed by atoms with Crippen molar-refractivity contribution in [2.45, 2.75) is 38.1 Å². The first kappa shape index (κ1) is 14.6. The molecule has 2 amide bonds. The minimum absolute atomic E-state index is 0.147. The highest BCUT2D eigenvalue weighted by Gasteiger charge is 2.14. The molecule has 0 spiro atoms. The van der Waals surface area contributed by atoms with Crippen LogP contribution in [0.25, 0.3) is 0 Å². The average Bonchev–Trinajstić information content (AvgIpc) is 2.21. The Kier molecular flexibility index (Phi) is 8.05. The standard InChI is InChI=1S/C10H18N3O3/c11-8(7-9(12)15)10(16)13-5-3-1-2-4-6-14/h8H,1-5,7,11H2,(H2,12,15)(H,13,16)/t8-/m0/s1. The van der Waals surface area contributed by atoms with E-state index in [1.807, 2.05) is 0 Å². The molecule has 0 aliphatic rings. The van der Waals surface area contributed by atoms with E-state index in [0.717, 1.165) is 19.3 Å². The van der Waals surface area contributed by atoms with Crippen LogP contribution in [0.3, 0.4) is 0 Å². The third-order valence-corrected chi connectivity index (χ3v) is 2.01. The van der Waals surface area contributed by atoms with Crippen LogP contribution in [0.4, 0.5) is 0 Å². The van der Waals surface area contributed by atoms with Crippen LogP contribution in [0.2, 0.25) is 0 Å². The molecular formula is C10H18N3O3. The Morgan fingerprint density at radius 2 is 1.94 bits per heavy atom. The summed E-state index contributed by atoms with van der Waals surface area (Å²) in [5.41, 5.74) is 10.3. The van der Waals surface area contributed by atoms with Gasteiger partial charge < -0.3 is 16.8 Å². The van der Waals surface area contributed by atoms with Crippen LogP contribution in [0.1, 0.15) is 32.1 Å². The Labute approximate surface area is 94.7 Å². The van der Waals surface area contributed by atoms with Gasteiger partial charge in [-0.2, -0.15) is 0 Å². The predicted octanol–water partition coefficient (Wildman–Crippen LogP) is -1.02. The Balaban J connectivity index is 3.49. The van der Waals surface area contributed by atoms with E-state index >= 15 is 0 Å². The van der Waals surface area contributed by atoms with Crippen LogP contribution in [0, 0.1) is 0 Å².